The van der Waals surface area contributed by atoms with Crippen LogP contribution in [0.5, 0.6) is 0 Å². The van der Waals surface area contributed by atoms with Gasteiger partial charge in [0.25, 0.3) is 0 Å². The van der Waals surface area contributed by atoms with E-state index in [1.54, 1.807) is 25.3 Å². The molecule has 0 saturated carbocycles. The zero-order valence-corrected chi connectivity index (χ0v) is 10.5. The molecule has 0 aromatic carbocycles. The number of carbonyl (C=O) groups excluding carboxylic acids is 1. The summed E-state index contributed by atoms with van der Waals surface area (Å²) in [4.78, 5) is 13.1. The van der Waals surface area contributed by atoms with E-state index in [0.717, 1.165) is 31.6 Å². The smallest absolute Gasteiger partial charge is 0.223 e. The number of furan rings is 1. The van der Waals surface area contributed by atoms with E-state index in [9.17, 15) is 4.79 Å². The average Bonchev–Trinajstić information content (AvgIpc) is 2.77. The van der Waals surface area contributed by atoms with Crippen LogP contribution < -0.4 is 5.32 Å². The number of fused-ring (bicyclic) bond motifs is 1. The van der Waals surface area contributed by atoms with Crippen molar-refractivity contribution in [1.29, 1.82) is 0 Å². The van der Waals surface area contributed by atoms with Gasteiger partial charge < -0.3 is 14.6 Å². The van der Waals surface area contributed by atoms with Crippen molar-refractivity contribution in [2.24, 2.45) is 0 Å². The normalized spacial score (nSPS) is 18.8. The van der Waals surface area contributed by atoms with Crippen LogP contribution in [0.1, 0.15) is 36.6 Å². The van der Waals surface area contributed by atoms with Crippen LogP contribution in [0.3, 0.4) is 0 Å². The van der Waals surface area contributed by atoms with Crippen LogP contribution in [-0.4, -0.2) is 31.4 Å². The molecule has 1 aromatic rings. The van der Waals surface area contributed by atoms with Gasteiger partial charge in [-0.3, -0.25) is 4.79 Å². The highest BCUT2D eigenvalue weighted by Gasteiger charge is 2.22. The highest BCUT2D eigenvalue weighted by atomic mass is 16.3. The molecule has 0 saturated heterocycles. The number of amides is 1. The molecular formula is C13H20N2O2. The molecule has 4 nitrogen and oxygen atoms in total. The molecule has 17 heavy (non-hydrogen) atoms. The summed E-state index contributed by atoms with van der Waals surface area (Å²) in [5, 5.41) is 3.44. The number of rotatable bonds is 4. The highest BCUT2D eigenvalue weighted by Crippen LogP contribution is 2.30. The Morgan fingerprint density at radius 3 is 3.18 bits per heavy atom. The second kappa shape index (κ2) is 5.36. The van der Waals surface area contributed by atoms with Gasteiger partial charge in [0.2, 0.25) is 5.91 Å². The van der Waals surface area contributed by atoms with E-state index in [1.807, 2.05) is 6.07 Å². The topological polar surface area (TPSA) is 45.5 Å². The fraction of sp³-hybridized carbons (Fsp3) is 0.615. The number of aryl methyl sites for hydroxylation is 1. The van der Waals surface area contributed by atoms with Crippen LogP contribution in [0.4, 0.5) is 0 Å². The maximum atomic E-state index is 11.4. The van der Waals surface area contributed by atoms with E-state index in [1.165, 1.54) is 5.56 Å². The van der Waals surface area contributed by atoms with Crippen molar-refractivity contribution in [3.05, 3.63) is 23.7 Å². The highest BCUT2D eigenvalue weighted by molar-refractivity contribution is 5.75. The first-order valence-electron chi connectivity index (χ1n) is 6.18. The molecule has 1 atom stereocenters. The van der Waals surface area contributed by atoms with Crippen molar-refractivity contribution in [3.8, 4) is 0 Å². The molecule has 1 aliphatic carbocycles. The van der Waals surface area contributed by atoms with Crippen molar-refractivity contribution in [3.63, 3.8) is 0 Å². The maximum Gasteiger partial charge on any atom is 0.223 e. The molecule has 1 aliphatic rings. The summed E-state index contributed by atoms with van der Waals surface area (Å²) in [5.41, 5.74) is 1.27. The van der Waals surface area contributed by atoms with Crippen molar-refractivity contribution in [2.45, 2.75) is 31.7 Å². The van der Waals surface area contributed by atoms with Gasteiger partial charge in [-0.25, -0.2) is 0 Å². The van der Waals surface area contributed by atoms with E-state index < -0.39 is 0 Å². The Bertz CT molecular complexity index is 385. The van der Waals surface area contributed by atoms with Crippen molar-refractivity contribution >= 4 is 5.91 Å². The van der Waals surface area contributed by atoms with E-state index in [4.69, 9.17) is 4.42 Å². The molecule has 0 fully saturated rings. The Morgan fingerprint density at radius 1 is 1.59 bits per heavy atom. The molecule has 0 aliphatic heterocycles. The predicted octanol–water partition coefficient (Wildman–Crippen LogP) is 1.72. The van der Waals surface area contributed by atoms with E-state index in [-0.39, 0.29) is 5.91 Å². The second-order valence-electron chi connectivity index (χ2n) is 4.74. The molecule has 0 bridgehead atoms. The Labute approximate surface area is 102 Å². The minimum Gasteiger partial charge on any atom is -0.469 e. The SMILES string of the molecule is CN(C)C(=O)CCNC1CCCc2occc21. The average molecular weight is 236 g/mol. The number of nitrogens with zero attached hydrogens (tertiary/aromatic N) is 1. The van der Waals surface area contributed by atoms with Crippen molar-refractivity contribution < 1.29 is 9.21 Å². The number of nitrogens with one attached hydrogen (secondary N) is 1. The van der Waals surface area contributed by atoms with Gasteiger partial charge in [-0.1, -0.05) is 0 Å². The second-order valence-corrected chi connectivity index (χ2v) is 4.74. The van der Waals surface area contributed by atoms with Gasteiger partial charge in [0, 0.05) is 45.1 Å². The van der Waals surface area contributed by atoms with Gasteiger partial charge in [-0.2, -0.15) is 0 Å². The van der Waals surface area contributed by atoms with E-state index in [2.05, 4.69) is 5.32 Å². The summed E-state index contributed by atoms with van der Waals surface area (Å²) in [6, 6.07) is 2.40. The Hall–Kier alpha value is -1.29. The molecule has 1 aromatic heterocycles. The lowest BCUT2D eigenvalue weighted by molar-refractivity contribution is -0.128. The number of carbonyl (C=O) groups is 1. The lowest BCUT2D eigenvalue weighted by Crippen LogP contribution is -2.30. The molecule has 94 valence electrons. The summed E-state index contributed by atoms with van der Waals surface area (Å²) in [6.45, 7) is 0.728. The molecule has 0 radical (unpaired) electrons. The summed E-state index contributed by atoms with van der Waals surface area (Å²) >= 11 is 0. The predicted molar refractivity (Wildman–Crippen MR) is 65.7 cm³/mol. The van der Waals surface area contributed by atoms with Gasteiger partial charge in [-0.05, 0) is 18.9 Å². The lowest BCUT2D eigenvalue weighted by Gasteiger charge is -2.23. The lowest BCUT2D eigenvalue weighted by atomic mass is 9.93. The third-order valence-corrected chi connectivity index (χ3v) is 3.28. The molecule has 2 rings (SSSR count). The third-order valence-electron chi connectivity index (χ3n) is 3.28. The van der Waals surface area contributed by atoms with Crippen LogP contribution in [0.25, 0.3) is 0 Å². The van der Waals surface area contributed by atoms with Crippen LogP contribution >= 0.6 is 0 Å². The van der Waals surface area contributed by atoms with Crippen LogP contribution in [0.15, 0.2) is 16.7 Å². The quantitative estimate of drug-likeness (QED) is 0.866. The monoisotopic (exact) mass is 236 g/mol. The summed E-state index contributed by atoms with van der Waals surface area (Å²) in [5.74, 6) is 1.27. The Kier molecular flexibility index (Phi) is 3.84. The van der Waals surface area contributed by atoms with Crippen LogP contribution in [0.2, 0.25) is 0 Å². The molecule has 1 heterocycles. The summed E-state index contributed by atoms with van der Waals surface area (Å²) in [7, 11) is 3.58. The Morgan fingerprint density at radius 2 is 2.41 bits per heavy atom. The van der Waals surface area contributed by atoms with Gasteiger partial charge >= 0.3 is 0 Å². The van der Waals surface area contributed by atoms with Gasteiger partial charge in [0.1, 0.15) is 5.76 Å². The van der Waals surface area contributed by atoms with Gasteiger partial charge in [-0.15, -0.1) is 0 Å². The molecular weight excluding hydrogens is 216 g/mol. The molecule has 1 N–H and O–H groups in total. The van der Waals surface area contributed by atoms with Crippen LogP contribution in [0, 0.1) is 0 Å². The summed E-state index contributed by atoms with van der Waals surface area (Å²) < 4.78 is 5.44. The minimum absolute atomic E-state index is 0.167. The van der Waals surface area contributed by atoms with E-state index >= 15 is 0 Å². The van der Waals surface area contributed by atoms with Crippen molar-refractivity contribution in [2.75, 3.05) is 20.6 Å². The van der Waals surface area contributed by atoms with Gasteiger partial charge in [0.05, 0.1) is 6.26 Å². The van der Waals surface area contributed by atoms with Crippen LogP contribution in [-0.2, 0) is 11.2 Å². The fourth-order valence-corrected chi connectivity index (χ4v) is 2.28. The fourth-order valence-electron chi connectivity index (χ4n) is 2.28. The van der Waals surface area contributed by atoms with E-state index in [0.29, 0.717) is 12.5 Å². The standard InChI is InChI=1S/C13H20N2O2/c1-15(2)13(16)6-8-14-11-4-3-5-12-10(11)7-9-17-12/h7,9,11,14H,3-6,8H2,1-2H3. The minimum atomic E-state index is 0.167. The molecule has 1 amide bonds. The zero-order valence-electron chi connectivity index (χ0n) is 10.5. The zero-order chi connectivity index (χ0) is 12.3. The summed E-state index contributed by atoms with van der Waals surface area (Å²) in [6.07, 6.45) is 5.63. The van der Waals surface area contributed by atoms with Gasteiger partial charge in [0.15, 0.2) is 0 Å². The first kappa shape index (κ1) is 12.2. The molecule has 0 spiro atoms. The number of hydrogen-bond donors (Lipinski definition) is 1. The molecule has 1 unspecified atom stereocenters. The van der Waals surface area contributed by atoms with Crippen molar-refractivity contribution in [1.82, 2.24) is 10.2 Å². The number of hydrogen-bond acceptors (Lipinski definition) is 3. The largest absolute Gasteiger partial charge is 0.469 e. The first-order valence-corrected chi connectivity index (χ1v) is 6.18. The third kappa shape index (κ3) is 2.88. The molecule has 4 heteroatoms. The Balaban J connectivity index is 1.83. The maximum absolute atomic E-state index is 11.4. The first-order chi connectivity index (χ1) is 8.18.